The lowest BCUT2D eigenvalue weighted by Crippen LogP contribution is -2.30. The van der Waals surface area contributed by atoms with Gasteiger partial charge >= 0.3 is 0 Å². The van der Waals surface area contributed by atoms with Crippen molar-refractivity contribution >= 4 is 5.69 Å². The fourth-order valence-electron chi connectivity index (χ4n) is 2.02. The number of para-hydroxylation sites is 1. The van der Waals surface area contributed by atoms with E-state index in [1.54, 1.807) is 7.11 Å². The van der Waals surface area contributed by atoms with Crippen molar-refractivity contribution in [2.45, 2.75) is 25.5 Å². The molecule has 2 rings (SSSR count). The summed E-state index contributed by atoms with van der Waals surface area (Å²) in [6.07, 6.45) is 2.32. The van der Waals surface area contributed by atoms with E-state index in [2.05, 4.69) is 17.4 Å². The molecule has 1 aliphatic heterocycles. The largest absolute Gasteiger partial charge is 0.380 e. The minimum absolute atomic E-state index is 0.437. The molecule has 0 radical (unpaired) electrons. The molecule has 16 heavy (non-hydrogen) atoms. The summed E-state index contributed by atoms with van der Waals surface area (Å²) in [6.45, 7) is 2.36. The summed E-state index contributed by atoms with van der Waals surface area (Å²) in [6, 6.07) is 8.72. The number of hydrogen-bond acceptors (Lipinski definition) is 3. The highest BCUT2D eigenvalue weighted by Crippen LogP contribution is 2.19. The van der Waals surface area contributed by atoms with Gasteiger partial charge in [0.05, 0.1) is 13.2 Å². The summed E-state index contributed by atoms with van der Waals surface area (Å²) in [5.74, 6) is 0. The highest BCUT2D eigenvalue weighted by molar-refractivity contribution is 5.51. The zero-order valence-electron chi connectivity index (χ0n) is 9.74. The molecule has 0 bridgehead atoms. The van der Waals surface area contributed by atoms with Crippen molar-refractivity contribution in [3.05, 3.63) is 29.8 Å². The number of nitrogens with one attached hydrogen (secondary N) is 1. The van der Waals surface area contributed by atoms with E-state index >= 15 is 0 Å². The van der Waals surface area contributed by atoms with Crippen molar-refractivity contribution in [2.75, 3.05) is 25.6 Å². The van der Waals surface area contributed by atoms with Crippen LogP contribution in [0, 0.1) is 0 Å². The van der Waals surface area contributed by atoms with E-state index in [1.807, 2.05) is 12.1 Å². The second-order valence-electron chi connectivity index (χ2n) is 4.15. The van der Waals surface area contributed by atoms with Crippen LogP contribution in [0.1, 0.15) is 18.4 Å². The molecule has 3 heteroatoms. The van der Waals surface area contributed by atoms with Crippen molar-refractivity contribution in [3.8, 4) is 0 Å². The highest BCUT2D eigenvalue weighted by atomic mass is 16.5. The first-order valence-electron chi connectivity index (χ1n) is 5.81. The van der Waals surface area contributed by atoms with E-state index in [-0.39, 0.29) is 0 Å². The van der Waals surface area contributed by atoms with Crippen LogP contribution in [0.15, 0.2) is 24.3 Å². The van der Waals surface area contributed by atoms with Gasteiger partial charge in [0.25, 0.3) is 0 Å². The molecule has 0 aliphatic carbocycles. The fourth-order valence-corrected chi connectivity index (χ4v) is 2.02. The Morgan fingerprint density at radius 3 is 3.06 bits per heavy atom. The summed E-state index contributed by atoms with van der Waals surface area (Å²) >= 11 is 0. The molecule has 1 aromatic rings. The van der Waals surface area contributed by atoms with E-state index in [4.69, 9.17) is 9.47 Å². The van der Waals surface area contributed by atoms with Crippen LogP contribution < -0.4 is 5.32 Å². The highest BCUT2D eigenvalue weighted by Gasteiger charge is 2.14. The smallest absolute Gasteiger partial charge is 0.0733 e. The average molecular weight is 221 g/mol. The predicted octanol–water partition coefficient (Wildman–Crippen LogP) is 2.42. The Bertz CT molecular complexity index is 321. The summed E-state index contributed by atoms with van der Waals surface area (Å²) < 4.78 is 10.6. The first-order chi connectivity index (χ1) is 7.90. The molecule has 0 spiro atoms. The first-order valence-corrected chi connectivity index (χ1v) is 5.81. The van der Waals surface area contributed by atoms with Gasteiger partial charge in [-0.25, -0.2) is 0 Å². The lowest BCUT2D eigenvalue weighted by molar-refractivity contribution is 0.0875. The Morgan fingerprint density at radius 1 is 1.44 bits per heavy atom. The van der Waals surface area contributed by atoms with Crippen LogP contribution in [0.4, 0.5) is 5.69 Å². The van der Waals surface area contributed by atoms with Gasteiger partial charge in [-0.2, -0.15) is 0 Å². The van der Waals surface area contributed by atoms with Gasteiger partial charge in [-0.1, -0.05) is 18.2 Å². The number of hydrogen-bond donors (Lipinski definition) is 1. The van der Waals surface area contributed by atoms with E-state index < -0.39 is 0 Å². The molecule has 0 aromatic heterocycles. The maximum absolute atomic E-state index is 5.46. The summed E-state index contributed by atoms with van der Waals surface area (Å²) in [5.41, 5.74) is 2.37. The maximum Gasteiger partial charge on any atom is 0.0733 e. The molecule has 1 heterocycles. The van der Waals surface area contributed by atoms with Crippen LogP contribution in [-0.4, -0.2) is 26.4 Å². The van der Waals surface area contributed by atoms with Crippen LogP contribution in [0.5, 0.6) is 0 Å². The van der Waals surface area contributed by atoms with Crippen LogP contribution >= 0.6 is 0 Å². The molecule has 1 unspecified atom stereocenters. The van der Waals surface area contributed by atoms with Gasteiger partial charge in [-0.3, -0.25) is 0 Å². The van der Waals surface area contributed by atoms with Gasteiger partial charge in [0.1, 0.15) is 0 Å². The summed E-state index contributed by atoms with van der Waals surface area (Å²) in [7, 11) is 1.72. The quantitative estimate of drug-likeness (QED) is 0.847. The molecule has 1 atom stereocenters. The molecule has 1 fully saturated rings. The number of rotatable bonds is 4. The van der Waals surface area contributed by atoms with Crippen molar-refractivity contribution in [2.24, 2.45) is 0 Å². The number of anilines is 1. The Balaban J connectivity index is 2.01. The van der Waals surface area contributed by atoms with E-state index in [0.717, 1.165) is 19.6 Å². The van der Waals surface area contributed by atoms with Gasteiger partial charge in [0, 0.05) is 31.0 Å². The Labute approximate surface area is 96.8 Å². The zero-order chi connectivity index (χ0) is 11.2. The lowest BCUT2D eigenvalue weighted by atomic mass is 10.1. The third-order valence-corrected chi connectivity index (χ3v) is 2.84. The number of benzene rings is 1. The molecular formula is C13H19NO2. The van der Waals surface area contributed by atoms with Crippen molar-refractivity contribution in [3.63, 3.8) is 0 Å². The predicted molar refractivity (Wildman–Crippen MR) is 64.6 cm³/mol. The van der Waals surface area contributed by atoms with Crippen molar-refractivity contribution in [1.29, 1.82) is 0 Å². The standard InChI is InChI=1S/C13H19NO2/c1-15-9-11-5-2-3-7-13(11)14-12-6-4-8-16-10-12/h2-3,5,7,12,14H,4,6,8-10H2,1H3. The van der Waals surface area contributed by atoms with Crippen LogP contribution in [-0.2, 0) is 16.1 Å². The molecule has 1 saturated heterocycles. The van der Waals surface area contributed by atoms with Gasteiger partial charge in [0.15, 0.2) is 0 Å². The summed E-state index contributed by atoms with van der Waals surface area (Å²) in [5, 5.41) is 3.53. The normalized spacial score (nSPS) is 20.7. The fraction of sp³-hybridized carbons (Fsp3) is 0.538. The zero-order valence-corrected chi connectivity index (χ0v) is 9.74. The molecule has 1 N–H and O–H groups in total. The Morgan fingerprint density at radius 2 is 2.31 bits per heavy atom. The SMILES string of the molecule is COCc1ccccc1NC1CCCOC1. The first kappa shape index (κ1) is 11.4. The monoisotopic (exact) mass is 221 g/mol. The molecule has 1 aromatic carbocycles. The number of ether oxygens (including phenoxy) is 2. The van der Waals surface area contributed by atoms with Gasteiger partial charge in [0.2, 0.25) is 0 Å². The Hall–Kier alpha value is -1.06. The van der Waals surface area contributed by atoms with Crippen LogP contribution in [0.3, 0.4) is 0 Å². The van der Waals surface area contributed by atoms with Crippen LogP contribution in [0.2, 0.25) is 0 Å². The minimum atomic E-state index is 0.437. The van der Waals surface area contributed by atoms with E-state index in [9.17, 15) is 0 Å². The van der Waals surface area contributed by atoms with Gasteiger partial charge < -0.3 is 14.8 Å². The van der Waals surface area contributed by atoms with Gasteiger partial charge in [-0.05, 0) is 18.9 Å². The molecule has 88 valence electrons. The molecule has 1 aliphatic rings. The van der Waals surface area contributed by atoms with Crippen molar-refractivity contribution in [1.82, 2.24) is 0 Å². The molecule has 3 nitrogen and oxygen atoms in total. The second-order valence-corrected chi connectivity index (χ2v) is 4.15. The van der Waals surface area contributed by atoms with E-state index in [1.165, 1.54) is 17.7 Å². The molecule has 0 amide bonds. The maximum atomic E-state index is 5.46. The van der Waals surface area contributed by atoms with Gasteiger partial charge in [-0.15, -0.1) is 0 Å². The third kappa shape index (κ3) is 2.97. The number of methoxy groups -OCH3 is 1. The average Bonchev–Trinajstić information content (AvgIpc) is 2.33. The topological polar surface area (TPSA) is 30.5 Å². The molecule has 0 saturated carbocycles. The minimum Gasteiger partial charge on any atom is -0.380 e. The molecular weight excluding hydrogens is 202 g/mol. The summed E-state index contributed by atoms with van der Waals surface area (Å²) in [4.78, 5) is 0. The lowest BCUT2D eigenvalue weighted by Gasteiger charge is -2.25. The Kier molecular flexibility index (Phi) is 4.19. The van der Waals surface area contributed by atoms with Crippen molar-refractivity contribution < 1.29 is 9.47 Å². The van der Waals surface area contributed by atoms with Crippen LogP contribution in [0.25, 0.3) is 0 Å². The third-order valence-electron chi connectivity index (χ3n) is 2.84. The van der Waals surface area contributed by atoms with E-state index in [0.29, 0.717) is 12.6 Å². The second kappa shape index (κ2) is 5.87.